The Bertz CT molecular complexity index is 161. The molecule has 0 bridgehead atoms. The van der Waals surface area contributed by atoms with E-state index in [2.05, 4.69) is 4.74 Å². The molecule has 0 aliphatic heterocycles. The first-order valence-corrected chi connectivity index (χ1v) is 3.73. The first kappa shape index (κ1) is 7.66. The highest BCUT2D eigenvalue weighted by Gasteiger charge is 2.42. The Morgan fingerprint density at radius 2 is 2.40 bits per heavy atom. The van der Waals surface area contributed by atoms with E-state index in [4.69, 9.17) is 12.2 Å². The molecule has 0 heterocycles. The molecule has 1 aliphatic rings. The standard InChI is InChI=1S/C7H10O2S/c1-9-6(8)4-7(5-10)2-3-7/h5H,2-4H2,1H3. The third-order valence-corrected chi connectivity index (χ3v) is 2.37. The van der Waals surface area contributed by atoms with Crippen molar-refractivity contribution in [1.82, 2.24) is 0 Å². The van der Waals surface area contributed by atoms with Crippen LogP contribution in [0.25, 0.3) is 0 Å². The summed E-state index contributed by atoms with van der Waals surface area (Å²) in [6.07, 6.45) is 2.56. The van der Waals surface area contributed by atoms with Crippen molar-refractivity contribution in [1.29, 1.82) is 0 Å². The van der Waals surface area contributed by atoms with Crippen LogP contribution in [0.2, 0.25) is 0 Å². The number of methoxy groups -OCH3 is 1. The Labute approximate surface area is 65.6 Å². The SMILES string of the molecule is COC(=O)CC1(C=S)CC1. The first-order valence-electron chi connectivity index (χ1n) is 3.26. The van der Waals surface area contributed by atoms with Gasteiger partial charge < -0.3 is 4.74 Å². The maximum absolute atomic E-state index is 10.7. The van der Waals surface area contributed by atoms with E-state index in [-0.39, 0.29) is 11.4 Å². The number of ether oxygens (including phenoxy) is 1. The molecule has 0 N–H and O–H groups in total. The van der Waals surface area contributed by atoms with Crippen molar-refractivity contribution < 1.29 is 9.53 Å². The number of hydrogen-bond acceptors (Lipinski definition) is 3. The molecule has 0 unspecified atom stereocenters. The number of carbonyl (C=O) groups is 1. The monoisotopic (exact) mass is 158 g/mol. The third kappa shape index (κ3) is 1.53. The van der Waals surface area contributed by atoms with Crippen molar-refractivity contribution in [3.05, 3.63) is 0 Å². The fraction of sp³-hybridized carbons (Fsp3) is 0.714. The van der Waals surface area contributed by atoms with Gasteiger partial charge in [-0.25, -0.2) is 0 Å². The molecule has 1 aliphatic carbocycles. The van der Waals surface area contributed by atoms with Crippen LogP contribution in [0.15, 0.2) is 0 Å². The summed E-state index contributed by atoms with van der Waals surface area (Å²) in [4.78, 5) is 10.7. The topological polar surface area (TPSA) is 26.3 Å². The predicted molar refractivity (Wildman–Crippen MR) is 42.0 cm³/mol. The summed E-state index contributed by atoms with van der Waals surface area (Å²) in [5, 5.41) is 1.70. The molecular weight excluding hydrogens is 148 g/mol. The van der Waals surface area contributed by atoms with Crippen LogP contribution >= 0.6 is 12.2 Å². The van der Waals surface area contributed by atoms with Crippen LogP contribution in [0.1, 0.15) is 19.3 Å². The maximum atomic E-state index is 10.7. The van der Waals surface area contributed by atoms with Gasteiger partial charge in [-0.2, -0.15) is 0 Å². The number of esters is 1. The van der Waals surface area contributed by atoms with Gasteiger partial charge in [-0.1, -0.05) is 12.2 Å². The minimum Gasteiger partial charge on any atom is -0.469 e. The molecule has 2 nitrogen and oxygen atoms in total. The van der Waals surface area contributed by atoms with Gasteiger partial charge in [-0.3, -0.25) is 4.79 Å². The molecule has 0 amide bonds. The highest BCUT2D eigenvalue weighted by Crippen LogP contribution is 2.47. The van der Waals surface area contributed by atoms with Crippen molar-refractivity contribution in [2.75, 3.05) is 7.11 Å². The van der Waals surface area contributed by atoms with E-state index in [9.17, 15) is 4.79 Å². The molecule has 0 radical (unpaired) electrons. The van der Waals surface area contributed by atoms with Gasteiger partial charge in [0.25, 0.3) is 0 Å². The summed E-state index contributed by atoms with van der Waals surface area (Å²) < 4.78 is 4.52. The Kier molecular flexibility index (Phi) is 2.04. The van der Waals surface area contributed by atoms with Crippen LogP contribution in [0.5, 0.6) is 0 Å². The highest BCUT2D eigenvalue weighted by molar-refractivity contribution is 7.79. The van der Waals surface area contributed by atoms with Gasteiger partial charge in [0.2, 0.25) is 0 Å². The van der Waals surface area contributed by atoms with Crippen LogP contribution in [0, 0.1) is 5.41 Å². The fourth-order valence-electron chi connectivity index (χ4n) is 0.856. The van der Waals surface area contributed by atoms with Crippen LogP contribution in [0.4, 0.5) is 0 Å². The van der Waals surface area contributed by atoms with Crippen molar-refractivity contribution in [3.63, 3.8) is 0 Å². The summed E-state index contributed by atoms with van der Waals surface area (Å²) in [6, 6.07) is 0. The third-order valence-electron chi connectivity index (χ3n) is 1.87. The molecule has 0 atom stereocenters. The van der Waals surface area contributed by atoms with Crippen LogP contribution < -0.4 is 0 Å². The summed E-state index contributed by atoms with van der Waals surface area (Å²) in [5.41, 5.74) is 0.0302. The molecule has 1 saturated carbocycles. The maximum Gasteiger partial charge on any atom is 0.306 e. The molecule has 1 rings (SSSR count). The van der Waals surface area contributed by atoms with Crippen LogP contribution in [0.3, 0.4) is 0 Å². The van der Waals surface area contributed by atoms with Gasteiger partial charge >= 0.3 is 5.97 Å². The first-order chi connectivity index (χ1) is 4.72. The minimum atomic E-state index is -0.154. The molecule has 0 aromatic heterocycles. The fourth-order valence-corrected chi connectivity index (χ4v) is 1.18. The Balaban J connectivity index is 2.37. The lowest BCUT2D eigenvalue weighted by molar-refractivity contribution is -0.141. The number of carbonyl (C=O) groups excluding carboxylic acids is 1. The average molecular weight is 158 g/mol. The van der Waals surface area contributed by atoms with Crippen molar-refractivity contribution in [2.45, 2.75) is 19.3 Å². The zero-order valence-corrected chi connectivity index (χ0v) is 6.74. The van der Waals surface area contributed by atoms with E-state index in [1.165, 1.54) is 7.11 Å². The second kappa shape index (κ2) is 2.66. The summed E-state index contributed by atoms with van der Waals surface area (Å²) in [7, 11) is 1.40. The van der Waals surface area contributed by atoms with E-state index in [0.717, 1.165) is 12.8 Å². The number of hydrogen-bond donors (Lipinski definition) is 0. The summed E-state index contributed by atoms with van der Waals surface area (Å²) in [6.45, 7) is 0. The molecule has 3 heteroatoms. The smallest absolute Gasteiger partial charge is 0.306 e. The number of rotatable bonds is 3. The Morgan fingerprint density at radius 3 is 2.70 bits per heavy atom. The zero-order valence-electron chi connectivity index (χ0n) is 5.92. The van der Waals surface area contributed by atoms with E-state index >= 15 is 0 Å². The van der Waals surface area contributed by atoms with Gasteiger partial charge in [0, 0.05) is 5.41 Å². The summed E-state index contributed by atoms with van der Waals surface area (Å²) >= 11 is 4.78. The van der Waals surface area contributed by atoms with Gasteiger partial charge in [0.05, 0.1) is 13.5 Å². The lowest BCUT2D eigenvalue weighted by Crippen LogP contribution is -2.10. The van der Waals surface area contributed by atoms with E-state index in [1.807, 2.05) is 0 Å². The molecule has 56 valence electrons. The quantitative estimate of drug-likeness (QED) is 0.458. The zero-order chi connectivity index (χ0) is 7.61. The normalized spacial score (nSPS) is 19.7. The lowest BCUT2D eigenvalue weighted by atomic mass is 10.1. The van der Waals surface area contributed by atoms with Crippen molar-refractivity contribution >= 4 is 23.6 Å². The summed E-state index contributed by atoms with van der Waals surface area (Å²) in [5.74, 6) is -0.154. The highest BCUT2D eigenvalue weighted by atomic mass is 32.1. The van der Waals surface area contributed by atoms with Gasteiger partial charge in [-0.15, -0.1) is 0 Å². The Hall–Kier alpha value is -0.440. The average Bonchev–Trinajstić information content (AvgIpc) is 2.70. The molecule has 0 aromatic rings. The molecule has 10 heavy (non-hydrogen) atoms. The van der Waals surface area contributed by atoms with E-state index in [0.29, 0.717) is 6.42 Å². The molecule has 0 saturated heterocycles. The molecular formula is C7H10O2S. The largest absolute Gasteiger partial charge is 0.469 e. The molecule has 1 fully saturated rings. The van der Waals surface area contributed by atoms with Crippen molar-refractivity contribution in [3.8, 4) is 0 Å². The lowest BCUT2D eigenvalue weighted by Gasteiger charge is -2.04. The van der Waals surface area contributed by atoms with Gasteiger partial charge in [-0.05, 0) is 18.2 Å². The minimum absolute atomic E-state index is 0.0302. The van der Waals surface area contributed by atoms with Crippen molar-refractivity contribution in [2.24, 2.45) is 5.41 Å². The number of thiocarbonyl (C=S) groups is 1. The second-order valence-electron chi connectivity index (χ2n) is 2.73. The van der Waals surface area contributed by atoms with E-state index in [1.54, 1.807) is 5.37 Å². The second-order valence-corrected chi connectivity index (χ2v) is 2.97. The predicted octanol–water partition coefficient (Wildman–Crippen LogP) is 1.33. The van der Waals surface area contributed by atoms with Crippen LogP contribution in [-0.4, -0.2) is 18.4 Å². The van der Waals surface area contributed by atoms with Crippen LogP contribution in [-0.2, 0) is 9.53 Å². The Morgan fingerprint density at radius 1 is 1.80 bits per heavy atom. The van der Waals surface area contributed by atoms with E-state index < -0.39 is 0 Å². The molecule has 0 aromatic carbocycles. The van der Waals surface area contributed by atoms with Gasteiger partial charge in [0.1, 0.15) is 0 Å². The molecule has 0 spiro atoms. The van der Waals surface area contributed by atoms with Gasteiger partial charge in [0.15, 0.2) is 0 Å².